The van der Waals surface area contributed by atoms with E-state index < -0.39 is 0 Å². The SMILES string of the molecule is Brc1cccc(OC2C[C@H]3CC[C@@H](C2)N3)c1. The lowest BCUT2D eigenvalue weighted by atomic mass is 10.0. The van der Waals surface area contributed by atoms with Gasteiger partial charge in [0.1, 0.15) is 11.9 Å². The quantitative estimate of drug-likeness (QED) is 0.900. The molecule has 2 fully saturated rings. The summed E-state index contributed by atoms with van der Waals surface area (Å²) < 4.78 is 7.13. The molecule has 3 atom stereocenters. The first-order chi connectivity index (χ1) is 7.79. The van der Waals surface area contributed by atoms with Gasteiger partial charge in [0.15, 0.2) is 0 Å². The van der Waals surface area contributed by atoms with E-state index >= 15 is 0 Å². The van der Waals surface area contributed by atoms with Crippen LogP contribution in [0.4, 0.5) is 0 Å². The molecule has 1 N–H and O–H groups in total. The molecule has 2 aliphatic heterocycles. The third-order valence-electron chi connectivity index (χ3n) is 3.53. The fourth-order valence-corrected chi connectivity index (χ4v) is 3.21. The van der Waals surface area contributed by atoms with E-state index in [4.69, 9.17) is 4.74 Å². The van der Waals surface area contributed by atoms with Crippen molar-refractivity contribution in [3.8, 4) is 5.75 Å². The molecule has 1 unspecified atom stereocenters. The van der Waals surface area contributed by atoms with E-state index in [1.807, 2.05) is 24.3 Å². The van der Waals surface area contributed by atoms with Crippen LogP contribution in [-0.2, 0) is 0 Å². The number of halogens is 1. The second-order valence-electron chi connectivity index (χ2n) is 4.81. The molecule has 3 heteroatoms. The summed E-state index contributed by atoms with van der Waals surface area (Å²) in [6.45, 7) is 0. The predicted molar refractivity (Wildman–Crippen MR) is 67.7 cm³/mol. The van der Waals surface area contributed by atoms with Gasteiger partial charge in [-0.1, -0.05) is 22.0 Å². The van der Waals surface area contributed by atoms with Gasteiger partial charge in [0, 0.05) is 16.6 Å². The number of hydrogen-bond acceptors (Lipinski definition) is 2. The molecule has 0 aromatic heterocycles. The first-order valence-corrected chi connectivity index (χ1v) is 6.77. The smallest absolute Gasteiger partial charge is 0.120 e. The summed E-state index contributed by atoms with van der Waals surface area (Å²) in [5.41, 5.74) is 0. The fraction of sp³-hybridized carbons (Fsp3) is 0.538. The largest absolute Gasteiger partial charge is 0.490 e. The minimum Gasteiger partial charge on any atom is -0.490 e. The highest BCUT2D eigenvalue weighted by Crippen LogP contribution is 2.30. The van der Waals surface area contributed by atoms with Gasteiger partial charge in [-0.05, 0) is 43.9 Å². The fourth-order valence-electron chi connectivity index (χ4n) is 2.83. The number of benzene rings is 1. The standard InChI is InChI=1S/C13H16BrNO/c14-9-2-1-3-12(6-9)16-13-7-10-4-5-11(8-13)15-10/h1-3,6,10-11,13,15H,4-5,7-8H2/t10-,11+,13?. The van der Waals surface area contributed by atoms with Crippen LogP contribution in [0.1, 0.15) is 25.7 Å². The minimum absolute atomic E-state index is 0.396. The zero-order valence-electron chi connectivity index (χ0n) is 9.16. The molecule has 0 spiro atoms. The minimum atomic E-state index is 0.396. The van der Waals surface area contributed by atoms with Crippen LogP contribution in [0.2, 0.25) is 0 Å². The molecule has 0 aliphatic carbocycles. The summed E-state index contributed by atoms with van der Waals surface area (Å²) >= 11 is 3.47. The number of ether oxygens (including phenoxy) is 1. The maximum absolute atomic E-state index is 6.05. The second-order valence-corrected chi connectivity index (χ2v) is 5.72. The monoisotopic (exact) mass is 281 g/mol. The highest BCUT2D eigenvalue weighted by molar-refractivity contribution is 9.10. The molecule has 3 rings (SSSR count). The molecule has 1 aromatic rings. The van der Waals surface area contributed by atoms with E-state index in [2.05, 4.69) is 21.2 Å². The Morgan fingerprint density at radius 1 is 1.19 bits per heavy atom. The Bertz CT molecular complexity index is 370. The second kappa shape index (κ2) is 4.38. The van der Waals surface area contributed by atoms with Gasteiger partial charge >= 0.3 is 0 Å². The lowest BCUT2D eigenvalue weighted by Gasteiger charge is -2.29. The Morgan fingerprint density at radius 3 is 2.62 bits per heavy atom. The van der Waals surface area contributed by atoms with Gasteiger partial charge in [-0.3, -0.25) is 0 Å². The maximum Gasteiger partial charge on any atom is 0.120 e. The van der Waals surface area contributed by atoms with Gasteiger partial charge in [-0.25, -0.2) is 0 Å². The third-order valence-corrected chi connectivity index (χ3v) is 4.02. The van der Waals surface area contributed by atoms with Crippen molar-refractivity contribution in [2.45, 2.75) is 43.9 Å². The van der Waals surface area contributed by atoms with Crippen molar-refractivity contribution >= 4 is 15.9 Å². The molecule has 1 aromatic carbocycles. The average Bonchev–Trinajstić information content (AvgIpc) is 2.58. The lowest BCUT2D eigenvalue weighted by Crippen LogP contribution is -2.42. The van der Waals surface area contributed by atoms with Crippen LogP contribution in [0.25, 0.3) is 0 Å². The molecule has 2 saturated heterocycles. The van der Waals surface area contributed by atoms with Crippen molar-refractivity contribution in [3.05, 3.63) is 28.7 Å². The first kappa shape index (κ1) is 10.6. The summed E-state index contributed by atoms with van der Waals surface area (Å²) in [6, 6.07) is 9.51. The highest BCUT2D eigenvalue weighted by Gasteiger charge is 2.34. The molecule has 0 radical (unpaired) electrons. The van der Waals surface area contributed by atoms with Crippen molar-refractivity contribution in [3.63, 3.8) is 0 Å². The first-order valence-electron chi connectivity index (χ1n) is 5.98. The molecule has 2 aliphatic rings. The highest BCUT2D eigenvalue weighted by atomic mass is 79.9. The Labute approximate surface area is 105 Å². The van der Waals surface area contributed by atoms with Crippen LogP contribution in [-0.4, -0.2) is 18.2 Å². The van der Waals surface area contributed by atoms with Crippen LogP contribution in [0, 0.1) is 0 Å². The van der Waals surface area contributed by atoms with E-state index in [0.717, 1.165) is 23.1 Å². The van der Waals surface area contributed by atoms with E-state index in [-0.39, 0.29) is 0 Å². The lowest BCUT2D eigenvalue weighted by molar-refractivity contribution is 0.137. The van der Waals surface area contributed by atoms with Crippen LogP contribution in [0.5, 0.6) is 5.75 Å². The number of nitrogens with one attached hydrogen (secondary N) is 1. The Morgan fingerprint density at radius 2 is 1.94 bits per heavy atom. The summed E-state index contributed by atoms with van der Waals surface area (Å²) in [5, 5.41) is 3.63. The number of piperidine rings is 1. The molecule has 0 saturated carbocycles. The van der Waals surface area contributed by atoms with E-state index in [0.29, 0.717) is 18.2 Å². The van der Waals surface area contributed by atoms with Crippen molar-refractivity contribution in [2.75, 3.05) is 0 Å². The third kappa shape index (κ3) is 2.25. The number of rotatable bonds is 2. The van der Waals surface area contributed by atoms with Gasteiger partial charge in [0.25, 0.3) is 0 Å². The summed E-state index contributed by atoms with van der Waals surface area (Å²) in [6.07, 6.45) is 5.35. The zero-order chi connectivity index (χ0) is 11.0. The molecule has 86 valence electrons. The van der Waals surface area contributed by atoms with E-state index in [9.17, 15) is 0 Å². The van der Waals surface area contributed by atoms with Crippen LogP contribution in [0.3, 0.4) is 0 Å². The molecular weight excluding hydrogens is 266 g/mol. The van der Waals surface area contributed by atoms with Crippen molar-refractivity contribution in [1.82, 2.24) is 5.32 Å². The molecule has 2 bridgehead atoms. The summed E-state index contributed by atoms with van der Waals surface area (Å²) in [4.78, 5) is 0. The average molecular weight is 282 g/mol. The Kier molecular flexibility index (Phi) is 2.90. The molecule has 16 heavy (non-hydrogen) atoms. The van der Waals surface area contributed by atoms with Gasteiger partial charge in [0.2, 0.25) is 0 Å². The molecule has 0 amide bonds. The topological polar surface area (TPSA) is 21.3 Å². The van der Waals surface area contributed by atoms with Crippen molar-refractivity contribution in [1.29, 1.82) is 0 Å². The Hall–Kier alpha value is -0.540. The maximum atomic E-state index is 6.05. The zero-order valence-corrected chi connectivity index (χ0v) is 10.7. The normalized spacial score (nSPS) is 32.7. The van der Waals surface area contributed by atoms with Crippen LogP contribution >= 0.6 is 15.9 Å². The molecule has 2 heterocycles. The van der Waals surface area contributed by atoms with Gasteiger partial charge < -0.3 is 10.1 Å². The van der Waals surface area contributed by atoms with Gasteiger partial charge in [-0.15, -0.1) is 0 Å². The van der Waals surface area contributed by atoms with Crippen molar-refractivity contribution in [2.24, 2.45) is 0 Å². The predicted octanol–water partition coefficient (Wildman–Crippen LogP) is 3.11. The Balaban J connectivity index is 1.67. The summed E-state index contributed by atoms with van der Waals surface area (Å²) in [5.74, 6) is 0.987. The molecular formula is C13H16BrNO. The molecule has 2 nitrogen and oxygen atoms in total. The number of fused-ring (bicyclic) bond motifs is 2. The van der Waals surface area contributed by atoms with E-state index in [1.165, 1.54) is 12.8 Å². The summed E-state index contributed by atoms with van der Waals surface area (Å²) in [7, 11) is 0. The number of hydrogen-bond donors (Lipinski definition) is 1. The van der Waals surface area contributed by atoms with Crippen molar-refractivity contribution < 1.29 is 4.74 Å². The van der Waals surface area contributed by atoms with Crippen LogP contribution in [0.15, 0.2) is 28.7 Å². The van der Waals surface area contributed by atoms with Gasteiger partial charge in [0.05, 0.1) is 0 Å². The van der Waals surface area contributed by atoms with E-state index in [1.54, 1.807) is 0 Å². The van der Waals surface area contributed by atoms with Crippen LogP contribution < -0.4 is 10.1 Å². The van der Waals surface area contributed by atoms with Gasteiger partial charge in [-0.2, -0.15) is 0 Å².